The predicted molar refractivity (Wildman–Crippen MR) is 87.3 cm³/mol. The van der Waals surface area contributed by atoms with Gasteiger partial charge in [-0.3, -0.25) is 4.79 Å². The largest absolute Gasteiger partial charge is 0.345 e. The lowest BCUT2D eigenvalue weighted by atomic mass is 9.93. The normalized spacial score (nSPS) is 17.4. The zero-order valence-electron chi connectivity index (χ0n) is 13.3. The van der Waals surface area contributed by atoms with E-state index >= 15 is 0 Å². The van der Waals surface area contributed by atoms with E-state index in [0.717, 1.165) is 44.0 Å². The van der Waals surface area contributed by atoms with E-state index in [-0.39, 0.29) is 11.8 Å². The van der Waals surface area contributed by atoms with Crippen molar-refractivity contribution in [2.24, 2.45) is 5.92 Å². The molecule has 1 aromatic carbocycles. The maximum absolute atomic E-state index is 12.7. The number of hydrogen-bond donors (Lipinski definition) is 1. The van der Waals surface area contributed by atoms with E-state index in [9.17, 15) is 4.79 Å². The molecule has 1 aliphatic heterocycles. The number of hydrogen-bond acceptors (Lipinski definition) is 2. The van der Waals surface area contributed by atoms with Crippen molar-refractivity contribution in [3.63, 3.8) is 0 Å². The molecule has 1 aliphatic rings. The minimum Gasteiger partial charge on any atom is -0.345 e. The molecule has 21 heavy (non-hydrogen) atoms. The number of rotatable bonds is 6. The fourth-order valence-electron chi connectivity index (χ4n) is 3.16. The van der Waals surface area contributed by atoms with Crippen LogP contribution in [0, 0.1) is 5.92 Å². The van der Waals surface area contributed by atoms with Crippen molar-refractivity contribution in [2.75, 3.05) is 26.7 Å². The first-order chi connectivity index (χ1) is 10.2. The highest BCUT2D eigenvalue weighted by atomic mass is 16.2. The molecule has 0 spiro atoms. The van der Waals surface area contributed by atoms with Crippen molar-refractivity contribution in [1.82, 2.24) is 10.2 Å². The molecule has 1 saturated heterocycles. The maximum Gasteiger partial charge on any atom is 0.229 e. The van der Waals surface area contributed by atoms with Gasteiger partial charge < -0.3 is 10.2 Å². The summed E-state index contributed by atoms with van der Waals surface area (Å²) in [4.78, 5) is 14.6. The summed E-state index contributed by atoms with van der Waals surface area (Å²) >= 11 is 0. The van der Waals surface area contributed by atoms with Gasteiger partial charge in [-0.15, -0.1) is 0 Å². The van der Waals surface area contributed by atoms with Crippen molar-refractivity contribution in [1.29, 1.82) is 0 Å². The number of carbonyl (C=O) groups excluding carboxylic acids is 1. The molecule has 1 fully saturated rings. The van der Waals surface area contributed by atoms with Crippen LogP contribution in [0.3, 0.4) is 0 Å². The zero-order valence-corrected chi connectivity index (χ0v) is 13.3. The SMILES string of the molecule is CCC(C(=O)N(C)CCC1CCNCC1)c1ccccc1. The van der Waals surface area contributed by atoms with E-state index in [0.29, 0.717) is 0 Å². The highest BCUT2D eigenvalue weighted by Crippen LogP contribution is 2.22. The van der Waals surface area contributed by atoms with Gasteiger partial charge in [-0.2, -0.15) is 0 Å². The molecule has 1 atom stereocenters. The summed E-state index contributed by atoms with van der Waals surface area (Å²) in [6.45, 7) is 5.23. The molecular weight excluding hydrogens is 260 g/mol. The predicted octanol–water partition coefficient (Wildman–Crippen LogP) is 3.03. The zero-order chi connectivity index (χ0) is 15.1. The van der Waals surface area contributed by atoms with Gasteiger partial charge in [-0.25, -0.2) is 0 Å². The maximum atomic E-state index is 12.7. The van der Waals surface area contributed by atoms with Crippen LogP contribution in [0.5, 0.6) is 0 Å². The Morgan fingerprint density at radius 2 is 1.95 bits per heavy atom. The lowest BCUT2D eigenvalue weighted by molar-refractivity contribution is -0.131. The summed E-state index contributed by atoms with van der Waals surface area (Å²) in [5, 5.41) is 3.39. The Kier molecular flexibility index (Phi) is 6.24. The second-order valence-corrected chi connectivity index (χ2v) is 6.11. The quantitative estimate of drug-likeness (QED) is 0.872. The van der Waals surface area contributed by atoms with E-state index in [1.807, 2.05) is 30.1 Å². The Labute approximate surface area is 128 Å². The Balaban J connectivity index is 1.88. The van der Waals surface area contributed by atoms with E-state index in [4.69, 9.17) is 0 Å². The number of carbonyl (C=O) groups is 1. The minimum absolute atomic E-state index is 0.00391. The first-order valence-corrected chi connectivity index (χ1v) is 8.23. The lowest BCUT2D eigenvalue weighted by Crippen LogP contribution is -2.35. The molecule has 1 amide bonds. The van der Waals surface area contributed by atoms with Gasteiger partial charge in [-0.1, -0.05) is 37.3 Å². The molecule has 0 aromatic heterocycles. The molecule has 1 unspecified atom stereocenters. The number of piperidine rings is 1. The van der Waals surface area contributed by atoms with E-state index in [1.54, 1.807) is 0 Å². The van der Waals surface area contributed by atoms with Crippen LogP contribution >= 0.6 is 0 Å². The smallest absolute Gasteiger partial charge is 0.229 e. The monoisotopic (exact) mass is 288 g/mol. The van der Waals surface area contributed by atoms with Crippen LogP contribution in [0.4, 0.5) is 0 Å². The van der Waals surface area contributed by atoms with Gasteiger partial charge in [0.05, 0.1) is 5.92 Å². The van der Waals surface area contributed by atoms with Crippen LogP contribution < -0.4 is 5.32 Å². The number of likely N-dealkylation sites (N-methyl/N-ethyl adjacent to an activating group) is 1. The van der Waals surface area contributed by atoms with Crippen LogP contribution in [-0.4, -0.2) is 37.5 Å². The Morgan fingerprint density at radius 3 is 2.57 bits per heavy atom. The molecule has 0 bridgehead atoms. The number of amides is 1. The molecule has 1 heterocycles. The van der Waals surface area contributed by atoms with E-state index < -0.39 is 0 Å². The van der Waals surface area contributed by atoms with Crippen molar-refractivity contribution >= 4 is 5.91 Å². The standard InChI is InChI=1S/C18H28N2O/c1-3-17(16-7-5-4-6-8-16)18(21)20(2)14-11-15-9-12-19-13-10-15/h4-8,15,17,19H,3,9-14H2,1-2H3. The van der Waals surface area contributed by atoms with Gasteiger partial charge in [0.1, 0.15) is 0 Å². The number of benzene rings is 1. The summed E-state index contributed by atoms with van der Waals surface area (Å²) in [6, 6.07) is 10.2. The second kappa shape index (κ2) is 8.18. The molecule has 1 N–H and O–H groups in total. The van der Waals surface area contributed by atoms with Crippen LogP contribution in [0.2, 0.25) is 0 Å². The molecule has 116 valence electrons. The third kappa shape index (κ3) is 4.57. The fourth-order valence-corrected chi connectivity index (χ4v) is 3.16. The van der Waals surface area contributed by atoms with Crippen LogP contribution in [-0.2, 0) is 4.79 Å². The van der Waals surface area contributed by atoms with E-state index in [1.165, 1.54) is 12.8 Å². The fraction of sp³-hybridized carbons (Fsp3) is 0.611. The van der Waals surface area contributed by atoms with Gasteiger partial charge >= 0.3 is 0 Å². The number of nitrogens with zero attached hydrogens (tertiary/aromatic N) is 1. The van der Waals surface area contributed by atoms with Gasteiger partial charge in [0.25, 0.3) is 0 Å². The van der Waals surface area contributed by atoms with Crippen molar-refractivity contribution < 1.29 is 4.79 Å². The summed E-state index contributed by atoms with van der Waals surface area (Å²) in [6.07, 6.45) is 4.49. The molecular formula is C18H28N2O. The average Bonchev–Trinajstić information content (AvgIpc) is 2.55. The Hall–Kier alpha value is -1.35. The third-order valence-electron chi connectivity index (χ3n) is 4.62. The molecule has 1 aromatic rings. The van der Waals surface area contributed by atoms with Gasteiger partial charge in [0.2, 0.25) is 5.91 Å². The Bertz CT molecular complexity index is 426. The first kappa shape index (κ1) is 16.0. The molecule has 0 aliphatic carbocycles. The van der Waals surface area contributed by atoms with Gasteiger partial charge in [0.15, 0.2) is 0 Å². The summed E-state index contributed by atoms with van der Waals surface area (Å²) in [5.41, 5.74) is 1.14. The molecule has 3 heteroatoms. The number of nitrogens with one attached hydrogen (secondary N) is 1. The van der Waals surface area contributed by atoms with Crippen molar-refractivity contribution in [3.05, 3.63) is 35.9 Å². The highest BCUT2D eigenvalue weighted by molar-refractivity contribution is 5.83. The van der Waals surface area contributed by atoms with Crippen LogP contribution in [0.1, 0.15) is 44.1 Å². The Morgan fingerprint density at radius 1 is 1.29 bits per heavy atom. The molecule has 2 rings (SSSR count). The highest BCUT2D eigenvalue weighted by Gasteiger charge is 2.22. The second-order valence-electron chi connectivity index (χ2n) is 6.11. The first-order valence-electron chi connectivity index (χ1n) is 8.23. The lowest BCUT2D eigenvalue weighted by Gasteiger charge is -2.27. The van der Waals surface area contributed by atoms with Crippen LogP contribution in [0.15, 0.2) is 30.3 Å². The molecule has 0 radical (unpaired) electrons. The van der Waals surface area contributed by atoms with Gasteiger partial charge in [0, 0.05) is 13.6 Å². The molecule has 3 nitrogen and oxygen atoms in total. The van der Waals surface area contributed by atoms with Crippen LogP contribution in [0.25, 0.3) is 0 Å². The van der Waals surface area contributed by atoms with Gasteiger partial charge in [-0.05, 0) is 50.3 Å². The topological polar surface area (TPSA) is 32.3 Å². The summed E-state index contributed by atoms with van der Waals surface area (Å²) in [5.74, 6) is 1.04. The molecule has 0 saturated carbocycles. The summed E-state index contributed by atoms with van der Waals surface area (Å²) < 4.78 is 0. The minimum atomic E-state index is 0.00391. The van der Waals surface area contributed by atoms with E-state index in [2.05, 4.69) is 24.4 Å². The summed E-state index contributed by atoms with van der Waals surface area (Å²) in [7, 11) is 1.95. The average molecular weight is 288 g/mol. The van der Waals surface area contributed by atoms with Crippen molar-refractivity contribution in [2.45, 2.75) is 38.5 Å². The third-order valence-corrected chi connectivity index (χ3v) is 4.62. The van der Waals surface area contributed by atoms with Crippen molar-refractivity contribution in [3.8, 4) is 0 Å².